The lowest BCUT2D eigenvalue weighted by Gasteiger charge is -2.06. The number of aromatic carboxylic acids is 1. The fraction of sp³-hybridized carbons (Fsp3) is 0. The zero-order valence-corrected chi connectivity index (χ0v) is 15.5. The SMILES string of the molecule is O=C(O)c1ccc(C=Cc2cc(-c3ccccn3)nc(-c3ccccn3)c2)s1. The second-order valence-electron chi connectivity index (χ2n) is 5.94. The van der Waals surface area contributed by atoms with Crippen molar-refractivity contribution in [2.45, 2.75) is 0 Å². The van der Waals surface area contributed by atoms with Crippen LogP contribution in [0.3, 0.4) is 0 Å². The maximum absolute atomic E-state index is 11.1. The lowest BCUT2D eigenvalue weighted by atomic mass is 10.1. The van der Waals surface area contributed by atoms with Gasteiger partial charge in [-0.05, 0) is 60.2 Å². The highest BCUT2D eigenvalue weighted by molar-refractivity contribution is 7.14. The molecule has 0 aliphatic carbocycles. The van der Waals surface area contributed by atoms with Gasteiger partial charge in [0.2, 0.25) is 0 Å². The molecule has 0 aliphatic rings. The Bertz CT molecular complexity index is 1080. The molecule has 5 nitrogen and oxygen atoms in total. The Labute approximate surface area is 165 Å². The van der Waals surface area contributed by atoms with E-state index in [1.165, 1.54) is 11.3 Å². The van der Waals surface area contributed by atoms with Crippen molar-refractivity contribution in [1.82, 2.24) is 15.0 Å². The molecule has 1 N–H and O–H groups in total. The minimum Gasteiger partial charge on any atom is -0.477 e. The number of hydrogen-bond donors (Lipinski definition) is 1. The number of aromatic nitrogens is 3. The molecule has 0 fully saturated rings. The van der Waals surface area contributed by atoms with Crippen LogP contribution in [0.5, 0.6) is 0 Å². The molecule has 4 aromatic rings. The third-order valence-electron chi connectivity index (χ3n) is 3.98. The monoisotopic (exact) mass is 385 g/mol. The number of carboxylic acid groups (broad SMARTS) is 1. The highest BCUT2D eigenvalue weighted by Gasteiger charge is 2.08. The van der Waals surface area contributed by atoms with Gasteiger partial charge in [-0.25, -0.2) is 9.78 Å². The summed E-state index contributed by atoms with van der Waals surface area (Å²) >= 11 is 1.23. The molecule has 0 amide bonds. The lowest BCUT2D eigenvalue weighted by molar-refractivity contribution is 0.0702. The third-order valence-corrected chi connectivity index (χ3v) is 5.02. The van der Waals surface area contributed by atoms with Crippen molar-refractivity contribution in [1.29, 1.82) is 0 Å². The molecule has 4 heterocycles. The summed E-state index contributed by atoms with van der Waals surface area (Å²) in [4.78, 5) is 25.8. The van der Waals surface area contributed by atoms with Crippen LogP contribution in [0.1, 0.15) is 20.1 Å². The Morgan fingerprint density at radius 3 is 1.96 bits per heavy atom. The number of rotatable bonds is 5. The predicted molar refractivity (Wildman–Crippen MR) is 111 cm³/mol. The van der Waals surface area contributed by atoms with Gasteiger partial charge in [-0.2, -0.15) is 0 Å². The van der Waals surface area contributed by atoms with Crippen LogP contribution >= 0.6 is 11.3 Å². The van der Waals surface area contributed by atoms with Crippen molar-refractivity contribution >= 4 is 29.5 Å². The van der Waals surface area contributed by atoms with E-state index >= 15 is 0 Å². The van der Waals surface area contributed by atoms with E-state index in [2.05, 4.69) is 9.97 Å². The van der Waals surface area contributed by atoms with Crippen LogP contribution in [0.15, 0.2) is 73.1 Å². The summed E-state index contributed by atoms with van der Waals surface area (Å²) in [6, 6.07) is 18.7. The Balaban J connectivity index is 1.75. The molecule has 4 aromatic heterocycles. The third kappa shape index (κ3) is 4.02. The summed E-state index contributed by atoms with van der Waals surface area (Å²) < 4.78 is 0. The van der Waals surface area contributed by atoms with Gasteiger partial charge < -0.3 is 5.11 Å². The van der Waals surface area contributed by atoms with Crippen LogP contribution in [-0.4, -0.2) is 26.0 Å². The average molecular weight is 385 g/mol. The van der Waals surface area contributed by atoms with Crippen molar-refractivity contribution in [3.8, 4) is 22.8 Å². The maximum atomic E-state index is 11.1. The number of carbonyl (C=O) groups is 1. The standard InChI is InChI=1S/C22H15N3O2S/c26-22(27)21-10-9-16(28-21)8-7-15-13-19(17-5-1-3-11-23-17)25-20(14-15)18-6-2-4-12-24-18/h1-14H,(H,26,27). The topological polar surface area (TPSA) is 76.0 Å². The first-order valence-electron chi connectivity index (χ1n) is 8.55. The van der Waals surface area contributed by atoms with Crippen molar-refractivity contribution < 1.29 is 9.90 Å². The number of pyridine rings is 3. The molecular formula is C22H15N3O2S. The highest BCUT2D eigenvalue weighted by atomic mass is 32.1. The van der Waals surface area contributed by atoms with Gasteiger partial charge in [0.15, 0.2) is 0 Å². The largest absolute Gasteiger partial charge is 0.477 e. The minimum atomic E-state index is -0.913. The first kappa shape index (κ1) is 17.8. The van der Waals surface area contributed by atoms with E-state index in [1.54, 1.807) is 24.5 Å². The van der Waals surface area contributed by atoms with Crippen LogP contribution < -0.4 is 0 Å². The van der Waals surface area contributed by atoms with Crippen LogP contribution in [0.25, 0.3) is 34.9 Å². The summed E-state index contributed by atoms with van der Waals surface area (Å²) in [6.45, 7) is 0. The zero-order valence-electron chi connectivity index (χ0n) is 14.7. The van der Waals surface area contributed by atoms with Gasteiger partial charge in [-0.1, -0.05) is 18.2 Å². The average Bonchev–Trinajstić information content (AvgIpc) is 3.23. The van der Waals surface area contributed by atoms with Crippen LogP contribution in [0, 0.1) is 0 Å². The molecule has 0 spiro atoms. The molecule has 4 rings (SSSR count). The Kier molecular flexibility index (Phi) is 5.03. The van der Waals surface area contributed by atoms with E-state index in [0.717, 1.165) is 33.2 Å². The first-order valence-corrected chi connectivity index (χ1v) is 9.37. The summed E-state index contributed by atoms with van der Waals surface area (Å²) in [5.74, 6) is -0.913. The molecule has 136 valence electrons. The fourth-order valence-electron chi connectivity index (χ4n) is 2.67. The Morgan fingerprint density at radius 2 is 1.46 bits per heavy atom. The van der Waals surface area contributed by atoms with E-state index in [-0.39, 0.29) is 0 Å². The number of carboxylic acids is 1. The predicted octanol–water partition coefficient (Wildman–Crippen LogP) is 5.14. The van der Waals surface area contributed by atoms with E-state index in [1.807, 2.05) is 60.7 Å². The molecule has 0 aliphatic heterocycles. The van der Waals surface area contributed by atoms with Gasteiger partial charge in [0, 0.05) is 17.3 Å². The maximum Gasteiger partial charge on any atom is 0.345 e. The van der Waals surface area contributed by atoms with E-state index < -0.39 is 5.97 Å². The Hall–Kier alpha value is -3.64. The molecule has 0 saturated heterocycles. The first-order chi connectivity index (χ1) is 13.7. The second kappa shape index (κ2) is 7.94. The highest BCUT2D eigenvalue weighted by Crippen LogP contribution is 2.25. The summed E-state index contributed by atoms with van der Waals surface area (Å²) in [5, 5.41) is 9.07. The molecule has 0 radical (unpaired) electrons. The van der Waals surface area contributed by atoms with Crippen molar-refractivity contribution in [2.75, 3.05) is 0 Å². The molecule has 0 unspecified atom stereocenters. The molecule has 0 aromatic carbocycles. The van der Waals surface area contributed by atoms with Crippen molar-refractivity contribution in [2.24, 2.45) is 0 Å². The number of hydrogen-bond acceptors (Lipinski definition) is 5. The fourth-order valence-corrected chi connectivity index (χ4v) is 3.42. The van der Waals surface area contributed by atoms with Crippen LogP contribution in [0.2, 0.25) is 0 Å². The lowest BCUT2D eigenvalue weighted by Crippen LogP contribution is -1.93. The summed E-state index contributed by atoms with van der Waals surface area (Å²) in [5.41, 5.74) is 3.99. The van der Waals surface area contributed by atoms with Gasteiger partial charge in [0.05, 0.1) is 22.8 Å². The van der Waals surface area contributed by atoms with E-state index in [0.29, 0.717) is 4.88 Å². The van der Waals surface area contributed by atoms with Crippen molar-refractivity contribution in [3.05, 3.63) is 88.4 Å². The molecule has 0 bridgehead atoms. The minimum absolute atomic E-state index is 0.317. The van der Waals surface area contributed by atoms with Gasteiger partial charge in [0.25, 0.3) is 0 Å². The molecule has 0 atom stereocenters. The van der Waals surface area contributed by atoms with E-state index in [4.69, 9.17) is 10.1 Å². The van der Waals surface area contributed by atoms with Crippen LogP contribution in [-0.2, 0) is 0 Å². The quantitative estimate of drug-likeness (QED) is 0.515. The van der Waals surface area contributed by atoms with Gasteiger partial charge in [0.1, 0.15) is 4.88 Å². The Morgan fingerprint density at radius 1 is 0.821 bits per heavy atom. The second-order valence-corrected chi connectivity index (χ2v) is 7.06. The molecule has 6 heteroatoms. The van der Waals surface area contributed by atoms with E-state index in [9.17, 15) is 4.79 Å². The zero-order chi connectivity index (χ0) is 19.3. The van der Waals surface area contributed by atoms with Gasteiger partial charge >= 0.3 is 5.97 Å². The normalized spacial score (nSPS) is 11.0. The smallest absolute Gasteiger partial charge is 0.345 e. The van der Waals surface area contributed by atoms with Gasteiger partial charge in [-0.3, -0.25) is 9.97 Å². The summed E-state index contributed by atoms with van der Waals surface area (Å²) in [6.07, 6.45) is 7.31. The summed E-state index contributed by atoms with van der Waals surface area (Å²) in [7, 11) is 0. The number of thiophene rings is 1. The molecule has 0 saturated carbocycles. The van der Waals surface area contributed by atoms with Crippen molar-refractivity contribution in [3.63, 3.8) is 0 Å². The molecular weight excluding hydrogens is 370 g/mol. The molecule has 28 heavy (non-hydrogen) atoms. The number of nitrogens with zero attached hydrogens (tertiary/aromatic N) is 3. The van der Waals surface area contributed by atoms with Crippen LogP contribution in [0.4, 0.5) is 0 Å². The van der Waals surface area contributed by atoms with Gasteiger partial charge in [-0.15, -0.1) is 11.3 Å².